The van der Waals surface area contributed by atoms with E-state index in [4.69, 9.17) is 5.11 Å². The number of aromatic hydroxyl groups is 2. The molecule has 2 aliphatic rings. The summed E-state index contributed by atoms with van der Waals surface area (Å²) in [6.45, 7) is 0. The van der Waals surface area contributed by atoms with E-state index in [1.807, 2.05) is 0 Å². The van der Waals surface area contributed by atoms with Crippen LogP contribution in [0, 0.1) is 0 Å². The first kappa shape index (κ1) is 18.8. The van der Waals surface area contributed by atoms with Crippen molar-refractivity contribution in [3.8, 4) is 11.5 Å². The smallest absolute Gasteiger partial charge is 0.303 e. The van der Waals surface area contributed by atoms with E-state index in [1.165, 1.54) is 23.5 Å². The Kier molecular flexibility index (Phi) is 5.62. The minimum Gasteiger partial charge on any atom is -0.506 e. The van der Waals surface area contributed by atoms with Crippen molar-refractivity contribution >= 4 is 41.1 Å². The lowest BCUT2D eigenvalue weighted by atomic mass is 9.93. The molecule has 8 heteroatoms. The summed E-state index contributed by atoms with van der Waals surface area (Å²) in [6, 6.07) is 0. The van der Waals surface area contributed by atoms with Crippen LogP contribution < -0.4 is 0 Å². The maximum atomic E-state index is 12.2. The van der Waals surface area contributed by atoms with Crippen molar-refractivity contribution in [3.63, 3.8) is 0 Å². The molecular formula is C18H18O6S2. The molecule has 0 aromatic heterocycles. The monoisotopic (exact) mass is 394 g/mol. The molecule has 1 aliphatic heterocycles. The highest BCUT2D eigenvalue weighted by atomic mass is 32.2. The fourth-order valence-electron chi connectivity index (χ4n) is 3.09. The number of thioether (sulfide) groups is 2. The number of carboxylic acid groups (broad SMARTS) is 1. The van der Waals surface area contributed by atoms with E-state index in [-0.39, 0.29) is 34.3 Å². The Morgan fingerprint density at radius 1 is 1.04 bits per heavy atom. The summed E-state index contributed by atoms with van der Waals surface area (Å²) in [4.78, 5) is 35.7. The molecule has 6 nitrogen and oxygen atoms in total. The average Bonchev–Trinajstić information content (AvgIpc) is 2.81. The van der Waals surface area contributed by atoms with Crippen molar-refractivity contribution in [2.75, 3.05) is 5.75 Å². The quantitative estimate of drug-likeness (QED) is 0.513. The van der Waals surface area contributed by atoms with E-state index < -0.39 is 17.5 Å². The summed E-state index contributed by atoms with van der Waals surface area (Å²) in [6.07, 6.45) is 5.28. The summed E-state index contributed by atoms with van der Waals surface area (Å²) >= 11 is 2.75. The SMILES string of the molecule is O=C(O)CCCC[C@@H]1CCSc2c(O)c3c(c(O)c2S1)C(=O)C=CC3=O. The topological polar surface area (TPSA) is 112 Å². The van der Waals surface area contributed by atoms with Crippen LogP contribution in [0.2, 0.25) is 0 Å². The second-order valence-electron chi connectivity index (χ2n) is 6.18. The second-order valence-corrected chi connectivity index (χ2v) is 8.60. The lowest BCUT2D eigenvalue weighted by Gasteiger charge is -2.20. The van der Waals surface area contributed by atoms with Crippen LogP contribution in [0.15, 0.2) is 21.9 Å². The second kappa shape index (κ2) is 7.75. The number of carbonyl (C=O) groups excluding carboxylic acids is 2. The van der Waals surface area contributed by atoms with Gasteiger partial charge in [0.05, 0.1) is 20.9 Å². The Morgan fingerprint density at radius 3 is 2.27 bits per heavy atom. The molecule has 1 atom stereocenters. The molecule has 0 bridgehead atoms. The molecular weight excluding hydrogens is 376 g/mol. The molecule has 3 N–H and O–H groups in total. The van der Waals surface area contributed by atoms with Gasteiger partial charge in [0.15, 0.2) is 11.6 Å². The van der Waals surface area contributed by atoms with Crippen LogP contribution >= 0.6 is 23.5 Å². The summed E-state index contributed by atoms with van der Waals surface area (Å²) < 4.78 is 0. The fourth-order valence-corrected chi connectivity index (χ4v) is 5.90. The van der Waals surface area contributed by atoms with Gasteiger partial charge in [0.1, 0.15) is 11.5 Å². The van der Waals surface area contributed by atoms with E-state index >= 15 is 0 Å². The lowest BCUT2D eigenvalue weighted by Crippen LogP contribution is -2.13. The molecule has 0 unspecified atom stereocenters. The van der Waals surface area contributed by atoms with Crippen molar-refractivity contribution < 1.29 is 29.7 Å². The number of fused-ring (bicyclic) bond motifs is 2. The zero-order valence-electron chi connectivity index (χ0n) is 13.9. The van der Waals surface area contributed by atoms with Gasteiger partial charge < -0.3 is 15.3 Å². The zero-order chi connectivity index (χ0) is 18.8. The van der Waals surface area contributed by atoms with Crippen LogP contribution in [0.1, 0.15) is 52.8 Å². The molecule has 26 heavy (non-hydrogen) atoms. The van der Waals surface area contributed by atoms with Gasteiger partial charge in [-0.2, -0.15) is 0 Å². The molecule has 1 heterocycles. The third-order valence-electron chi connectivity index (χ3n) is 4.38. The number of allylic oxidation sites excluding steroid dienone is 2. The lowest BCUT2D eigenvalue weighted by molar-refractivity contribution is -0.137. The highest BCUT2D eigenvalue weighted by molar-refractivity contribution is 8.03. The van der Waals surface area contributed by atoms with Crippen LogP contribution in [0.5, 0.6) is 11.5 Å². The number of phenolic OH excluding ortho intramolecular Hbond substituents is 2. The van der Waals surface area contributed by atoms with Gasteiger partial charge in [-0.1, -0.05) is 6.42 Å². The fraction of sp³-hybridized carbons (Fsp3) is 0.389. The number of phenols is 2. The van der Waals surface area contributed by atoms with E-state index in [0.717, 1.165) is 31.4 Å². The van der Waals surface area contributed by atoms with Gasteiger partial charge in [-0.15, -0.1) is 23.5 Å². The highest BCUT2D eigenvalue weighted by Crippen LogP contribution is 2.52. The predicted molar refractivity (Wildman–Crippen MR) is 98.7 cm³/mol. The Morgan fingerprint density at radius 2 is 1.65 bits per heavy atom. The minimum absolute atomic E-state index is 0.123. The third kappa shape index (κ3) is 3.61. The number of hydrogen-bond acceptors (Lipinski definition) is 7. The van der Waals surface area contributed by atoms with Gasteiger partial charge in [-0.05, 0) is 37.2 Å². The molecule has 0 saturated heterocycles. The molecule has 1 aromatic rings. The standard InChI is InChI=1S/C18H18O6S2/c19-10-5-6-11(20)14-13(10)15(23)17-18(16(14)24)26-9(7-8-25-17)3-1-2-4-12(21)22/h5-6,9,23-24H,1-4,7-8H2,(H,21,22)/t9-/m1/s1. The van der Waals surface area contributed by atoms with Crippen LogP contribution in [-0.2, 0) is 4.79 Å². The largest absolute Gasteiger partial charge is 0.506 e. The van der Waals surface area contributed by atoms with Crippen LogP contribution in [0.25, 0.3) is 0 Å². The van der Waals surface area contributed by atoms with Crippen molar-refractivity contribution in [1.82, 2.24) is 0 Å². The van der Waals surface area contributed by atoms with Gasteiger partial charge in [-0.25, -0.2) is 0 Å². The molecule has 0 amide bonds. The number of unbranched alkanes of at least 4 members (excludes halogenated alkanes) is 1. The van der Waals surface area contributed by atoms with Crippen molar-refractivity contribution in [1.29, 1.82) is 0 Å². The summed E-state index contributed by atoms with van der Waals surface area (Å²) in [5.74, 6) is -1.58. The molecule has 0 radical (unpaired) electrons. The molecule has 0 spiro atoms. The number of aliphatic carboxylic acids is 1. The number of benzene rings is 1. The highest BCUT2D eigenvalue weighted by Gasteiger charge is 2.34. The van der Waals surface area contributed by atoms with Gasteiger partial charge in [0.2, 0.25) is 0 Å². The molecule has 1 aromatic carbocycles. The van der Waals surface area contributed by atoms with E-state index in [0.29, 0.717) is 22.0 Å². The average molecular weight is 394 g/mol. The number of carbonyl (C=O) groups is 3. The Bertz CT molecular complexity index is 815. The summed E-state index contributed by atoms with van der Waals surface area (Å²) in [7, 11) is 0. The first-order valence-corrected chi connectivity index (χ1v) is 10.2. The Balaban J connectivity index is 1.89. The number of hydrogen-bond donors (Lipinski definition) is 3. The van der Waals surface area contributed by atoms with Crippen molar-refractivity contribution in [3.05, 3.63) is 23.3 Å². The van der Waals surface area contributed by atoms with Crippen molar-refractivity contribution in [2.24, 2.45) is 0 Å². The van der Waals surface area contributed by atoms with Gasteiger partial charge in [0.25, 0.3) is 0 Å². The van der Waals surface area contributed by atoms with Gasteiger partial charge >= 0.3 is 5.97 Å². The summed E-state index contributed by atoms with van der Waals surface area (Å²) in [5.41, 5.74) is -0.255. The maximum absolute atomic E-state index is 12.2. The normalized spacial score (nSPS) is 19.0. The Hall–Kier alpha value is -1.93. The minimum atomic E-state index is -0.815. The van der Waals surface area contributed by atoms with Gasteiger partial charge in [-0.3, -0.25) is 14.4 Å². The van der Waals surface area contributed by atoms with Crippen LogP contribution in [0.4, 0.5) is 0 Å². The van der Waals surface area contributed by atoms with E-state index in [1.54, 1.807) is 0 Å². The molecule has 0 fully saturated rings. The molecule has 0 saturated carbocycles. The van der Waals surface area contributed by atoms with Crippen LogP contribution in [0.3, 0.4) is 0 Å². The van der Waals surface area contributed by atoms with Crippen molar-refractivity contribution in [2.45, 2.75) is 47.1 Å². The van der Waals surface area contributed by atoms with Gasteiger partial charge in [0, 0.05) is 11.7 Å². The molecule has 3 rings (SSSR count). The van der Waals surface area contributed by atoms with Crippen LogP contribution in [-0.4, -0.2) is 43.9 Å². The number of ketones is 2. The van der Waals surface area contributed by atoms with E-state index in [9.17, 15) is 24.6 Å². The zero-order valence-corrected chi connectivity index (χ0v) is 15.5. The first-order valence-electron chi connectivity index (χ1n) is 8.30. The Labute approximate surface area is 158 Å². The predicted octanol–water partition coefficient (Wildman–Crippen LogP) is 3.63. The molecule has 138 valence electrons. The maximum Gasteiger partial charge on any atom is 0.303 e. The summed E-state index contributed by atoms with van der Waals surface area (Å²) in [5, 5.41) is 30.1. The van der Waals surface area contributed by atoms with E-state index in [2.05, 4.69) is 0 Å². The number of carboxylic acids is 1. The first-order chi connectivity index (χ1) is 12.4. The number of rotatable bonds is 5. The molecule has 1 aliphatic carbocycles. The third-order valence-corrected chi connectivity index (χ3v) is 7.07.